The Labute approximate surface area is 106 Å². The van der Waals surface area contributed by atoms with E-state index in [1.54, 1.807) is 7.11 Å². The van der Waals surface area contributed by atoms with E-state index in [2.05, 4.69) is 30.6 Å². The van der Waals surface area contributed by atoms with E-state index in [1.165, 1.54) is 11.5 Å². The van der Waals surface area contributed by atoms with Crippen LogP contribution in [0.15, 0.2) is 22.7 Å². The van der Waals surface area contributed by atoms with E-state index >= 15 is 0 Å². The smallest absolute Gasteiger partial charge is 0.202 e. The van der Waals surface area contributed by atoms with Crippen molar-refractivity contribution in [1.29, 1.82) is 0 Å². The maximum absolute atomic E-state index is 5.16. The third-order valence-corrected chi connectivity index (χ3v) is 3.40. The molecule has 0 saturated heterocycles. The number of hydrogen-bond donors (Lipinski definition) is 1. The van der Waals surface area contributed by atoms with Gasteiger partial charge < -0.3 is 10.1 Å². The van der Waals surface area contributed by atoms with Crippen molar-refractivity contribution < 1.29 is 4.74 Å². The van der Waals surface area contributed by atoms with Crippen LogP contribution in [0, 0.1) is 0 Å². The average Bonchev–Trinajstić information content (AvgIpc) is 2.77. The second-order valence-corrected chi connectivity index (χ2v) is 4.63. The summed E-state index contributed by atoms with van der Waals surface area (Å²) in [5.41, 5.74) is 0.963. The molecule has 0 fully saturated rings. The predicted molar refractivity (Wildman–Crippen MR) is 69.1 cm³/mol. The zero-order valence-corrected chi connectivity index (χ0v) is 11.2. The lowest BCUT2D eigenvalue weighted by Gasteiger charge is -2.03. The van der Waals surface area contributed by atoms with Crippen molar-refractivity contribution in [1.82, 2.24) is 9.36 Å². The second kappa shape index (κ2) is 4.80. The summed E-state index contributed by atoms with van der Waals surface area (Å²) in [6, 6.07) is 5.77. The first-order valence-corrected chi connectivity index (χ1v) is 6.16. The Morgan fingerprint density at radius 3 is 2.81 bits per heavy atom. The van der Waals surface area contributed by atoms with E-state index < -0.39 is 0 Å². The normalized spacial score (nSPS) is 10.2. The summed E-state index contributed by atoms with van der Waals surface area (Å²) in [5.74, 6) is 1.52. The third kappa shape index (κ3) is 2.17. The van der Waals surface area contributed by atoms with Gasteiger partial charge in [-0.1, -0.05) is 0 Å². The molecule has 0 amide bonds. The van der Waals surface area contributed by atoms with Crippen LogP contribution in [0.25, 0.3) is 11.4 Å². The minimum atomic E-state index is 0.720. The van der Waals surface area contributed by atoms with Crippen LogP contribution >= 0.6 is 27.5 Å². The van der Waals surface area contributed by atoms with Gasteiger partial charge in [0.1, 0.15) is 5.75 Å². The fraction of sp³-hybridized carbons (Fsp3) is 0.200. The highest BCUT2D eigenvalue weighted by molar-refractivity contribution is 9.10. The topological polar surface area (TPSA) is 47.0 Å². The highest BCUT2D eigenvalue weighted by Gasteiger charge is 2.08. The molecule has 0 radical (unpaired) electrons. The van der Waals surface area contributed by atoms with Gasteiger partial charge in [0.2, 0.25) is 5.13 Å². The number of benzene rings is 1. The predicted octanol–water partition coefficient (Wildman–Crippen LogP) is 3.02. The molecule has 1 aromatic carbocycles. The lowest BCUT2D eigenvalue weighted by Crippen LogP contribution is -1.88. The molecule has 0 bridgehead atoms. The molecule has 1 heterocycles. The molecular weight excluding hydrogens is 290 g/mol. The molecule has 4 nitrogen and oxygen atoms in total. The lowest BCUT2D eigenvalue weighted by atomic mass is 10.2. The molecule has 0 spiro atoms. The number of methoxy groups -OCH3 is 1. The van der Waals surface area contributed by atoms with E-state index in [9.17, 15) is 0 Å². The van der Waals surface area contributed by atoms with Gasteiger partial charge in [-0.2, -0.15) is 9.36 Å². The summed E-state index contributed by atoms with van der Waals surface area (Å²) >= 11 is 4.78. The summed E-state index contributed by atoms with van der Waals surface area (Å²) in [7, 11) is 3.47. The molecule has 0 aliphatic heterocycles. The first-order valence-electron chi connectivity index (χ1n) is 4.60. The number of halogens is 1. The van der Waals surface area contributed by atoms with Gasteiger partial charge in [0.05, 0.1) is 11.6 Å². The lowest BCUT2D eigenvalue weighted by molar-refractivity contribution is 0.412. The van der Waals surface area contributed by atoms with Crippen LogP contribution in [0.4, 0.5) is 5.13 Å². The Bertz CT molecular complexity index is 501. The van der Waals surface area contributed by atoms with Gasteiger partial charge in [0.25, 0.3) is 0 Å². The molecule has 84 valence electrons. The van der Waals surface area contributed by atoms with Crippen LogP contribution in [0.2, 0.25) is 0 Å². The van der Waals surface area contributed by atoms with Crippen LogP contribution in [-0.4, -0.2) is 23.5 Å². The number of nitrogens with zero attached hydrogens (tertiary/aromatic N) is 2. The van der Waals surface area contributed by atoms with E-state index in [0.717, 1.165) is 26.7 Å². The van der Waals surface area contributed by atoms with Gasteiger partial charge in [0, 0.05) is 24.1 Å². The van der Waals surface area contributed by atoms with E-state index in [-0.39, 0.29) is 0 Å². The Hall–Kier alpha value is -1.14. The largest absolute Gasteiger partial charge is 0.496 e. The SMILES string of the molecule is CNc1nc(-c2ccc(OC)c(Br)c2)ns1. The molecular formula is C10H10BrN3OS. The quantitative estimate of drug-likeness (QED) is 0.946. The highest BCUT2D eigenvalue weighted by atomic mass is 79.9. The number of rotatable bonds is 3. The van der Waals surface area contributed by atoms with Crippen molar-refractivity contribution in [2.75, 3.05) is 19.5 Å². The van der Waals surface area contributed by atoms with Crippen LogP contribution in [0.1, 0.15) is 0 Å². The summed E-state index contributed by atoms with van der Waals surface area (Å²) in [5, 5.41) is 3.77. The monoisotopic (exact) mass is 299 g/mol. The number of nitrogens with one attached hydrogen (secondary N) is 1. The Balaban J connectivity index is 2.37. The van der Waals surface area contributed by atoms with Crippen molar-refractivity contribution in [3.8, 4) is 17.1 Å². The Morgan fingerprint density at radius 1 is 1.44 bits per heavy atom. The van der Waals surface area contributed by atoms with Gasteiger partial charge in [-0.05, 0) is 34.1 Å². The van der Waals surface area contributed by atoms with Gasteiger partial charge in [-0.15, -0.1) is 0 Å². The molecule has 1 aromatic heterocycles. The van der Waals surface area contributed by atoms with E-state index in [0.29, 0.717) is 0 Å². The summed E-state index contributed by atoms with van der Waals surface area (Å²) in [4.78, 5) is 4.33. The van der Waals surface area contributed by atoms with Crippen molar-refractivity contribution in [2.24, 2.45) is 0 Å². The standard InChI is InChI=1S/C10H10BrN3OS/c1-12-10-13-9(14-16-10)6-3-4-8(15-2)7(11)5-6/h3-5H,1-2H3,(H,12,13,14). The molecule has 0 saturated carbocycles. The van der Waals surface area contributed by atoms with Crippen LogP contribution < -0.4 is 10.1 Å². The molecule has 16 heavy (non-hydrogen) atoms. The average molecular weight is 300 g/mol. The molecule has 0 aliphatic carbocycles. The molecule has 0 aliphatic rings. The van der Waals surface area contributed by atoms with Gasteiger partial charge in [-0.25, -0.2) is 0 Å². The number of aromatic nitrogens is 2. The molecule has 2 aromatic rings. The van der Waals surface area contributed by atoms with Crippen molar-refractivity contribution in [2.45, 2.75) is 0 Å². The fourth-order valence-corrected chi connectivity index (χ4v) is 2.33. The van der Waals surface area contributed by atoms with Crippen LogP contribution in [0.5, 0.6) is 5.75 Å². The summed E-state index contributed by atoms with van der Waals surface area (Å²) < 4.78 is 10.3. The molecule has 6 heteroatoms. The van der Waals surface area contributed by atoms with Crippen LogP contribution in [-0.2, 0) is 0 Å². The van der Waals surface area contributed by atoms with Crippen molar-refractivity contribution in [3.63, 3.8) is 0 Å². The first kappa shape index (κ1) is 11.3. The Morgan fingerprint density at radius 2 is 2.25 bits per heavy atom. The van der Waals surface area contributed by atoms with Crippen molar-refractivity contribution in [3.05, 3.63) is 22.7 Å². The maximum Gasteiger partial charge on any atom is 0.202 e. The molecule has 0 atom stereocenters. The molecule has 0 unspecified atom stereocenters. The van der Waals surface area contributed by atoms with Gasteiger partial charge in [-0.3, -0.25) is 0 Å². The minimum Gasteiger partial charge on any atom is -0.496 e. The van der Waals surface area contributed by atoms with Gasteiger partial charge in [0.15, 0.2) is 5.82 Å². The summed E-state index contributed by atoms with van der Waals surface area (Å²) in [6.07, 6.45) is 0. The number of ether oxygens (including phenoxy) is 1. The van der Waals surface area contributed by atoms with Crippen LogP contribution in [0.3, 0.4) is 0 Å². The van der Waals surface area contributed by atoms with E-state index in [4.69, 9.17) is 4.74 Å². The zero-order chi connectivity index (χ0) is 11.5. The third-order valence-electron chi connectivity index (χ3n) is 2.05. The zero-order valence-electron chi connectivity index (χ0n) is 8.82. The first-order chi connectivity index (χ1) is 7.74. The number of anilines is 1. The van der Waals surface area contributed by atoms with E-state index in [1.807, 2.05) is 25.2 Å². The highest BCUT2D eigenvalue weighted by Crippen LogP contribution is 2.30. The van der Waals surface area contributed by atoms with Crippen molar-refractivity contribution >= 4 is 32.6 Å². The fourth-order valence-electron chi connectivity index (χ4n) is 1.25. The molecule has 1 N–H and O–H groups in total. The Kier molecular flexibility index (Phi) is 3.40. The van der Waals surface area contributed by atoms with Gasteiger partial charge >= 0.3 is 0 Å². The molecule has 2 rings (SSSR count). The maximum atomic E-state index is 5.16. The number of hydrogen-bond acceptors (Lipinski definition) is 5. The summed E-state index contributed by atoms with van der Waals surface area (Å²) in [6.45, 7) is 0. The minimum absolute atomic E-state index is 0.720. The second-order valence-electron chi connectivity index (χ2n) is 3.02.